The smallest absolute Gasteiger partial charge is 0.319 e. The van der Waals surface area contributed by atoms with Crippen LogP contribution in [0.4, 0.5) is 28.4 Å². The van der Waals surface area contributed by atoms with Gasteiger partial charge in [-0.05, 0) is 62.1 Å². The largest absolute Gasteiger partial charge is 0.463 e. The zero-order chi connectivity index (χ0) is 37.5. The normalized spacial score (nSPS) is 22.9. The van der Waals surface area contributed by atoms with Crippen LogP contribution in [0, 0.1) is 28.4 Å². The van der Waals surface area contributed by atoms with E-state index in [9.17, 15) is 19.1 Å². The number of nitrogen functional groups attached to an aromatic ring is 1. The molecule has 1 aliphatic carbocycles. The molecular formula is C38H40F4N8O3S. The van der Waals surface area contributed by atoms with Gasteiger partial charge >= 0.3 is 6.01 Å². The maximum atomic E-state index is 17.5. The van der Waals surface area contributed by atoms with Crippen molar-refractivity contribution in [2.75, 3.05) is 56.5 Å². The summed E-state index contributed by atoms with van der Waals surface area (Å²) in [6, 6.07) is 2.20. The van der Waals surface area contributed by atoms with Gasteiger partial charge in [0.05, 0.1) is 53.5 Å². The van der Waals surface area contributed by atoms with E-state index in [1.54, 1.807) is 6.92 Å². The number of piperazine rings is 1. The highest BCUT2D eigenvalue weighted by atomic mass is 32.1. The molecule has 7 heterocycles. The number of pyridine rings is 1. The van der Waals surface area contributed by atoms with E-state index in [1.165, 1.54) is 0 Å². The number of nitrogens with two attached hydrogens (primary N) is 1. The fourth-order valence-corrected chi connectivity index (χ4v) is 10.0. The SMILES string of the molecule is C[C@@H](O)CN1CC2CCC(C1)N2c1nc(OCC2(CN3CCC(=C(F)F)CC3)CC2)nc2c(F)c(-c3ncc(F)c4sc(N)c(C#N)c34)c3c(c12)COC3. The highest BCUT2D eigenvalue weighted by molar-refractivity contribution is 7.23. The van der Waals surface area contributed by atoms with Gasteiger partial charge in [-0.1, -0.05) is 0 Å². The van der Waals surface area contributed by atoms with Gasteiger partial charge in [-0.2, -0.15) is 24.0 Å². The molecule has 9 rings (SSSR count). The molecule has 0 radical (unpaired) electrons. The van der Waals surface area contributed by atoms with Gasteiger partial charge in [-0.15, -0.1) is 11.3 Å². The second-order valence-corrected chi connectivity index (χ2v) is 16.6. The van der Waals surface area contributed by atoms with E-state index in [2.05, 4.69) is 25.8 Å². The number of piperidine rings is 1. The molecule has 0 spiro atoms. The molecule has 1 saturated carbocycles. The first-order valence-electron chi connectivity index (χ1n) is 18.5. The van der Waals surface area contributed by atoms with Crippen molar-refractivity contribution < 1.29 is 32.1 Å². The number of halogens is 4. The van der Waals surface area contributed by atoms with Crippen molar-refractivity contribution in [3.05, 3.63) is 46.2 Å². The van der Waals surface area contributed by atoms with Crippen molar-refractivity contribution in [3.63, 3.8) is 0 Å². The zero-order valence-electron chi connectivity index (χ0n) is 29.8. The van der Waals surface area contributed by atoms with Gasteiger partial charge in [0.1, 0.15) is 22.4 Å². The Balaban J connectivity index is 1.15. The van der Waals surface area contributed by atoms with Crippen LogP contribution in [0.3, 0.4) is 0 Å². The molecule has 3 aromatic heterocycles. The maximum absolute atomic E-state index is 17.5. The number of β-amino-alcohol motifs (C(OH)–C–C–N with tert-alkyl or cyclic N) is 1. The Labute approximate surface area is 313 Å². The van der Waals surface area contributed by atoms with E-state index in [0.717, 1.165) is 43.2 Å². The van der Waals surface area contributed by atoms with Gasteiger partial charge in [-0.3, -0.25) is 9.88 Å². The molecule has 3 N–H and O–H groups in total. The summed E-state index contributed by atoms with van der Waals surface area (Å²) in [7, 11) is 0. The molecule has 3 atom stereocenters. The minimum atomic E-state index is -1.57. The molecule has 284 valence electrons. The highest BCUT2D eigenvalue weighted by Gasteiger charge is 2.46. The van der Waals surface area contributed by atoms with Crippen LogP contribution in [0.1, 0.15) is 62.1 Å². The molecule has 4 aliphatic heterocycles. The van der Waals surface area contributed by atoms with Gasteiger partial charge in [0, 0.05) is 67.7 Å². The number of rotatable bonds is 9. The quantitative estimate of drug-likeness (QED) is 0.191. The number of anilines is 2. The third-order valence-corrected chi connectivity index (χ3v) is 12.9. The lowest BCUT2D eigenvalue weighted by atomic mass is 9.93. The predicted octanol–water partition coefficient (Wildman–Crippen LogP) is 6.11. The van der Waals surface area contributed by atoms with E-state index in [4.69, 9.17) is 25.2 Å². The summed E-state index contributed by atoms with van der Waals surface area (Å²) < 4.78 is 71.5. The first kappa shape index (κ1) is 35.6. The average Bonchev–Trinajstić information content (AvgIpc) is 3.42. The number of nitrogens with zero attached hydrogens (tertiary/aromatic N) is 7. The van der Waals surface area contributed by atoms with Gasteiger partial charge in [0.25, 0.3) is 6.08 Å². The minimum absolute atomic E-state index is 0.0227. The summed E-state index contributed by atoms with van der Waals surface area (Å²) >= 11 is 0.920. The monoisotopic (exact) mass is 764 g/mol. The molecule has 2 bridgehead atoms. The molecule has 3 saturated heterocycles. The molecule has 54 heavy (non-hydrogen) atoms. The Morgan fingerprint density at radius 3 is 2.50 bits per heavy atom. The number of aliphatic hydroxyl groups is 1. The first-order valence-corrected chi connectivity index (χ1v) is 19.3. The summed E-state index contributed by atoms with van der Waals surface area (Å²) in [5.41, 5.74) is 7.66. The van der Waals surface area contributed by atoms with Crippen LogP contribution in [0.5, 0.6) is 6.01 Å². The second-order valence-electron chi connectivity index (χ2n) is 15.6. The van der Waals surface area contributed by atoms with Gasteiger partial charge in [0.15, 0.2) is 11.6 Å². The molecule has 11 nitrogen and oxygen atoms in total. The number of nitriles is 1. The Morgan fingerprint density at radius 2 is 1.83 bits per heavy atom. The number of ether oxygens (including phenoxy) is 2. The van der Waals surface area contributed by atoms with Crippen LogP contribution in [-0.4, -0.2) is 93.9 Å². The number of aliphatic hydroxyl groups excluding tert-OH is 1. The number of benzene rings is 1. The van der Waals surface area contributed by atoms with E-state index < -0.39 is 23.8 Å². The number of hydrogen-bond acceptors (Lipinski definition) is 12. The summed E-state index contributed by atoms with van der Waals surface area (Å²) in [5, 5.41) is 21.0. The van der Waals surface area contributed by atoms with Gasteiger partial charge < -0.3 is 30.1 Å². The van der Waals surface area contributed by atoms with E-state index in [1.807, 2.05) is 0 Å². The number of aromatic nitrogens is 3. The van der Waals surface area contributed by atoms with Crippen molar-refractivity contribution in [2.45, 2.75) is 76.9 Å². The summed E-state index contributed by atoms with van der Waals surface area (Å²) in [6.07, 6.45) is 3.28. The third-order valence-electron chi connectivity index (χ3n) is 11.9. The number of likely N-dealkylation sites (tertiary alicyclic amines) is 2. The minimum Gasteiger partial charge on any atom is -0.463 e. The van der Waals surface area contributed by atoms with E-state index in [-0.39, 0.29) is 86.3 Å². The Morgan fingerprint density at radius 1 is 1.11 bits per heavy atom. The Bertz CT molecular complexity index is 2230. The molecule has 4 aromatic rings. The molecule has 5 aliphatic rings. The van der Waals surface area contributed by atoms with E-state index in [0.29, 0.717) is 74.4 Å². The Hall–Kier alpha value is -4.14. The van der Waals surface area contributed by atoms with Crippen molar-refractivity contribution in [3.8, 4) is 23.3 Å². The molecule has 1 aromatic carbocycles. The van der Waals surface area contributed by atoms with Crippen LogP contribution >= 0.6 is 11.3 Å². The van der Waals surface area contributed by atoms with Crippen LogP contribution in [0.15, 0.2) is 17.9 Å². The first-order chi connectivity index (χ1) is 26.0. The fraction of sp³-hybridized carbons (Fsp3) is 0.526. The molecule has 0 amide bonds. The van der Waals surface area contributed by atoms with Crippen LogP contribution in [0.2, 0.25) is 0 Å². The van der Waals surface area contributed by atoms with Crippen LogP contribution < -0.4 is 15.4 Å². The molecular weight excluding hydrogens is 725 g/mol. The zero-order valence-corrected chi connectivity index (χ0v) is 30.6. The van der Waals surface area contributed by atoms with Crippen LogP contribution in [-0.2, 0) is 18.0 Å². The number of thiophene rings is 1. The summed E-state index contributed by atoms with van der Waals surface area (Å²) in [6.45, 7) is 6.08. The maximum Gasteiger partial charge on any atom is 0.319 e. The topological polar surface area (TPSA) is 137 Å². The Kier molecular flexibility index (Phi) is 8.93. The summed E-state index contributed by atoms with van der Waals surface area (Å²) in [5.74, 6) is -0.790. The highest BCUT2D eigenvalue weighted by Crippen LogP contribution is 2.50. The lowest BCUT2D eigenvalue weighted by molar-refractivity contribution is 0.111. The summed E-state index contributed by atoms with van der Waals surface area (Å²) in [4.78, 5) is 20.9. The standard InChI is InChI=1S/C38H40F4N8O3S/c1-19(51)12-49-13-21-2-3-22(14-49)50(21)36-29-25-16-52-15-24(25)27(31-28-23(10-43)35(44)54-33(28)26(39)11-45-31)30(40)32(29)46-37(47-36)53-18-38(6-7-38)17-48-8-4-20(5-9-48)34(41)42/h11,19,21-22,51H,2-9,12-18,44H2,1H3/t19-,21?,22?/m1/s1. The van der Waals surface area contributed by atoms with Crippen LogP contribution in [0.25, 0.3) is 32.2 Å². The fourth-order valence-electron chi connectivity index (χ4n) is 9.12. The molecule has 4 fully saturated rings. The van der Waals surface area contributed by atoms with E-state index >= 15 is 8.78 Å². The molecule has 16 heteroatoms. The third kappa shape index (κ3) is 6.04. The molecule has 2 unspecified atom stereocenters. The second kappa shape index (κ2) is 13.6. The van der Waals surface area contributed by atoms with Crippen molar-refractivity contribution >= 4 is 43.1 Å². The van der Waals surface area contributed by atoms with Gasteiger partial charge in [0.2, 0.25) is 0 Å². The average molecular weight is 765 g/mol. The van der Waals surface area contributed by atoms with Crippen molar-refractivity contribution in [1.29, 1.82) is 5.26 Å². The van der Waals surface area contributed by atoms with Gasteiger partial charge in [-0.25, -0.2) is 8.78 Å². The van der Waals surface area contributed by atoms with Crippen molar-refractivity contribution in [2.24, 2.45) is 5.41 Å². The van der Waals surface area contributed by atoms with Crippen molar-refractivity contribution in [1.82, 2.24) is 24.8 Å². The lowest BCUT2D eigenvalue weighted by Gasteiger charge is -2.42. The number of fused-ring (bicyclic) bond motifs is 6. The lowest BCUT2D eigenvalue weighted by Crippen LogP contribution is -2.55. The predicted molar refractivity (Wildman–Crippen MR) is 195 cm³/mol. The number of hydrogen-bond donors (Lipinski definition) is 2.